The van der Waals surface area contributed by atoms with Gasteiger partial charge in [-0.05, 0) is 39.5 Å². The van der Waals surface area contributed by atoms with Crippen LogP contribution in [0.15, 0.2) is 18.3 Å². The van der Waals surface area contributed by atoms with Gasteiger partial charge in [-0.3, -0.25) is 0 Å². The van der Waals surface area contributed by atoms with Crippen molar-refractivity contribution in [3.05, 3.63) is 23.9 Å². The lowest BCUT2D eigenvalue weighted by atomic mass is 10.2. The second-order valence-electron chi connectivity index (χ2n) is 5.52. The quantitative estimate of drug-likeness (QED) is 0.846. The number of rotatable bonds is 6. The second kappa shape index (κ2) is 6.87. The van der Waals surface area contributed by atoms with Gasteiger partial charge in [0.05, 0.1) is 0 Å². The summed E-state index contributed by atoms with van der Waals surface area (Å²) in [4.78, 5) is 9.40. The van der Waals surface area contributed by atoms with Gasteiger partial charge >= 0.3 is 0 Å². The zero-order valence-electron chi connectivity index (χ0n) is 12.4. The summed E-state index contributed by atoms with van der Waals surface area (Å²) >= 11 is 0. The number of anilines is 1. The lowest BCUT2D eigenvalue weighted by molar-refractivity contribution is 0.371. The Morgan fingerprint density at radius 1 is 1.47 bits per heavy atom. The summed E-state index contributed by atoms with van der Waals surface area (Å²) in [5.74, 6) is 1.17. The van der Waals surface area contributed by atoms with E-state index in [1.165, 1.54) is 24.2 Å². The maximum Gasteiger partial charge on any atom is 0.133 e. The number of hydrogen-bond donors (Lipinski definition) is 1. The molecule has 1 fully saturated rings. The summed E-state index contributed by atoms with van der Waals surface area (Å²) in [6, 6.07) is 4.83. The molecule has 0 radical (unpaired) electrons. The highest BCUT2D eigenvalue weighted by molar-refractivity contribution is 5.48. The maximum absolute atomic E-state index is 4.64. The van der Waals surface area contributed by atoms with Crippen LogP contribution in [0.3, 0.4) is 0 Å². The Hall–Kier alpha value is -1.13. The molecule has 106 valence electrons. The van der Waals surface area contributed by atoms with E-state index in [-0.39, 0.29) is 0 Å². The minimum atomic E-state index is 0.602. The van der Waals surface area contributed by atoms with Crippen LogP contribution < -0.4 is 10.2 Å². The molecule has 1 aromatic heterocycles. The van der Waals surface area contributed by atoms with Crippen molar-refractivity contribution in [3.8, 4) is 0 Å². The summed E-state index contributed by atoms with van der Waals surface area (Å²) in [5.41, 5.74) is 1.31. The van der Waals surface area contributed by atoms with Gasteiger partial charge in [0.15, 0.2) is 0 Å². The van der Waals surface area contributed by atoms with Crippen LogP contribution >= 0.6 is 0 Å². The molecular formula is C15H26N4. The minimum Gasteiger partial charge on any atom is -0.352 e. The highest BCUT2D eigenvalue weighted by Gasteiger charge is 2.27. The average Bonchev–Trinajstić information content (AvgIpc) is 2.84. The van der Waals surface area contributed by atoms with Crippen LogP contribution in [0.5, 0.6) is 0 Å². The van der Waals surface area contributed by atoms with E-state index in [2.05, 4.69) is 47.2 Å². The van der Waals surface area contributed by atoms with Gasteiger partial charge in [-0.2, -0.15) is 0 Å². The first-order valence-corrected chi connectivity index (χ1v) is 7.28. The van der Waals surface area contributed by atoms with Crippen LogP contribution in [-0.4, -0.2) is 49.7 Å². The van der Waals surface area contributed by atoms with E-state index in [0.717, 1.165) is 26.2 Å². The molecule has 1 aliphatic rings. The van der Waals surface area contributed by atoms with Gasteiger partial charge in [0.1, 0.15) is 5.82 Å². The van der Waals surface area contributed by atoms with Crippen molar-refractivity contribution >= 4 is 5.82 Å². The van der Waals surface area contributed by atoms with Crippen LogP contribution in [0.25, 0.3) is 0 Å². The first-order chi connectivity index (χ1) is 9.22. The Morgan fingerprint density at radius 3 is 3.05 bits per heavy atom. The minimum absolute atomic E-state index is 0.602. The van der Waals surface area contributed by atoms with E-state index >= 15 is 0 Å². The first kappa shape index (κ1) is 14.3. The van der Waals surface area contributed by atoms with Gasteiger partial charge in [0.2, 0.25) is 0 Å². The van der Waals surface area contributed by atoms with Crippen molar-refractivity contribution in [1.29, 1.82) is 0 Å². The predicted octanol–water partition coefficient (Wildman–Crippen LogP) is 1.72. The second-order valence-corrected chi connectivity index (χ2v) is 5.52. The number of pyridine rings is 1. The van der Waals surface area contributed by atoms with E-state index in [1.54, 1.807) is 0 Å². The number of likely N-dealkylation sites (N-methyl/N-ethyl adjacent to an activating group) is 1. The van der Waals surface area contributed by atoms with Crippen LogP contribution in [0.1, 0.15) is 25.3 Å². The number of hydrogen-bond acceptors (Lipinski definition) is 4. The third-order valence-electron chi connectivity index (χ3n) is 3.66. The smallest absolute Gasteiger partial charge is 0.133 e. The standard InChI is InChI=1S/C15H26N4/c1-4-16-11-13-7-5-9-17-15(13)19-10-6-8-14(19)12-18(2)3/h5,7,9,14,16H,4,6,8,10-12H2,1-3H3. The Labute approximate surface area is 116 Å². The summed E-state index contributed by atoms with van der Waals surface area (Å²) in [6.07, 6.45) is 4.46. The van der Waals surface area contributed by atoms with E-state index < -0.39 is 0 Å². The predicted molar refractivity (Wildman–Crippen MR) is 80.5 cm³/mol. The van der Waals surface area contributed by atoms with Crippen molar-refractivity contribution in [1.82, 2.24) is 15.2 Å². The molecule has 0 aliphatic carbocycles. The number of nitrogens with one attached hydrogen (secondary N) is 1. The molecule has 4 heteroatoms. The topological polar surface area (TPSA) is 31.4 Å². The first-order valence-electron chi connectivity index (χ1n) is 7.28. The highest BCUT2D eigenvalue weighted by atomic mass is 15.3. The van der Waals surface area contributed by atoms with Gasteiger partial charge in [-0.25, -0.2) is 4.98 Å². The van der Waals surface area contributed by atoms with E-state index in [0.29, 0.717) is 6.04 Å². The largest absolute Gasteiger partial charge is 0.352 e. The van der Waals surface area contributed by atoms with Crippen LogP contribution in [0.2, 0.25) is 0 Å². The van der Waals surface area contributed by atoms with E-state index in [4.69, 9.17) is 0 Å². The molecule has 0 spiro atoms. The van der Waals surface area contributed by atoms with Crippen molar-refractivity contribution in [2.75, 3.05) is 38.6 Å². The molecule has 1 aromatic rings. The lowest BCUT2D eigenvalue weighted by Crippen LogP contribution is -2.38. The monoisotopic (exact) mass is 262 g/mol. The average molecular weight is 262 g/mol. The summed E-state index contributed by atoms with van der Waals surface area (Å²) in [5, 5.41) is 3.41. The van der Waals surface area contributed by atoms with Crippen LogP contribution in [0.4, 0.5) is 5.82 Å². The third-order valence-corrected chi connectivity index (χ3v) is 3.66. The molecule has 0 aromatic carbocycles. The fourth-order valence-electron chi connectivity index (χ4n) is 2.81. The van der Waals surface area contributed by atoms with Crippen molar-refractivity contribution in [3.63, 3.8) is 0 Å². The number of nitrogens with zero attached hydrogens (tertiary/aromatic N) is 3. The Bertz CT molecular complexity index is 391. The SMILES string of the molecule is CCNCc1cccnc1N1CCCC1CN(C)C. The molecule has 0 amide bonds. The summed E-state index contributed by atoms with van der Waals surface area (Å²) in [6.45, 7) is 6.28. The van der Waals surface area contributed by atoms with Gasteiger partial charge in [-0.1, -0.05) is 13.0 Å². The maximum atomic E-state index is 4.64. The van der Waals surface area contributed by atoms with Crippen LogP contribution in [-0.2, 0) is 6.54 Å². The number of aromatic nitrogens is 1. The molecule has 1 N–H and O–H groups in total. The summed E-state index contributed by atoms with van der Waals surface area (Å²) in [7, 11) is 4.29. The third kappa shape index (κ3) is 3.67. The van der Waals surface area contributed by atoms with Crippen molar-refractivity contribution < 1.29 is 0 Å². The summed E-state index contributed by atoms with van der Waals surface area (Å²) < 4.78 is 0. The molecule has 1 unspecified atom stereocenters. The molecule has 1 saturated heterocycles. The van der Waals surface area contributed by atoms with Crippen molar-refractivity contribution in [2.45, 2.75) is 32.4 Å². The van der Waals surface area contributed by atoms with Crippen LogP contribution in [0, 0.1) is 0 Å². The molecule has 1 atom stereocenters. The zero-order valence-corrected chi connectivity index (χ0v) is 12.4. The normalized spacial score (nSPS) is 19.4. The fraction of sp³-hybridized carbons (Fsp3) is 0.667. The molecule has 19 heavy (non-hydrogen) atoms. The fourth-order valence-corrected chi connectivity index (χ4v) is 2.81. The van der Waals surface area contributed by atoms with Gasteiger partial charge < -0.3 is 15.1 Å². The van der Waals surface area contributed by atoms with Gasteiger partial charge in [-0.15, -0.1) is 0 Å². The molecule has 2 rings (SSSR count). The zero-order chi connectivity index (χ0) is 13.7. The van der Waals surface area contributed by atoms with Crippen molar-refractivity contribution in [2.24, 2.45) is 0 Å². The van der Waals surface area contributed by atoms with E-state index in [1.807, 2.05) is 12.3 Å². The van der Waals surface area contributed by atoms with Gasteiger partial charge in [0.25, 0.3) is 0 Å². The molecular weight excluding hydrogens is 236 g/mol. The molecule has 4 nitrogen and oxygen atoms in total. The molecule has 0 bridgehead atoms. The molecule has 1 aliphatic heterocycles. The lowest BCUT2D eigenvalue weighted by Gasteiger charge is -2.29. The highest BCUT2D eigenvalue weighted by Crippen LogP contribution is 2.26. The Balaban J connectivity index is 2.15. The van der Waals surface area contributed by atoms with Gasteiger partial charge in [0, 0.05) is 37.4 Å². The molecule has 2 heterocycles. The Kier molecular flexibility index (Phi) is 5.16. The Morgan fingerprint density at radius 2 is 2.32 bits per heavy atom. The molecule has 0 saturated carbocycles. The van der Waals surface area contributed by atoms with E-state index in [9.17, 15) is 0 Å².